The van der Waals surface area contributed by atoms with Crippen molar-refractivity contribution >= 4 is 5.91 Å². The lowest BCUT2D eigenvalue weighted by atomic mass is 9.83. The highest BCUT2D eigenvalue weighted by molar-refractivity contribution is 5.83. The number of nitrogens with one attached hydrogen (secondary N) is 1. The molecule has 2 aliphatic carbocycles. The van der Waals surface area contributed by atoms with Gasteiger partial charge in [0, 0.05) is 13.1 Å². The van der Waals surface area contributed by atoms with E-state index in [9.17, 15) is 4.79 Å². The van der Waals surface area contributed by atoms with Crippen LogP contribution in [0.3, 0.4) is 0 Å². The van der Waals surface area contributed by atoms with Crippen LogP contribution in [0.25, 0.3) is 0 Å². The Bertz CT molecular complexity index is 230. The largest absolute Gasteiger partial charge is 0.355 e. The molecule has 0 heterocycles. The first-order valence-corrected chi connectivity index (χ1v) is 6.25. The molecule has 0 aromatic heterocycles. The molecule has 0 unspecified atom stereocenters. The molecular formula is C12H22N2O. The van der Waals surface area contributed by atoms with Crippen molar-refractivity contribution in [3.8, 4) is 0 Å². The lowest BCUT2D eigenvalue weighted by Crippen LogP contribution is -2.46. The molecule has 2 saturated carbocycles. The lowest BCUT2D eigenvalue weighted by molar-refractivity contribution is -0.130. The van der Waals surface area contributed by atoms with E-state index in [1.165, 1.54) is 19.3 Å². The minimum Gasteiger partial charge on any atom is -0.355 e. The quantitative estimate of drug-likeness (QED) is 0.737. The van der Waals surface area contributed by atoms with E-state index in [1.807, 2.05) is 0 Å². The molecular weight excluding hydrogens is 188 g/mol. The van der Waals surface area contributed by atoms with Crippen LogP contribution in [0.2, 0.25) is 0 Å². The van der Waals surface area contributed by atoms with E-state index < -0.39 is 0 Å². The molecule has 1 amide bonds. The van der Waals surface area contributed by atoms with Gasteiger partial charge in [0.25, 0.3) is 0 Å². The third-order valence-electron chi connectivity index (χ3n) is 4.21. The SMILES string of the molecule is NCC1(C(=O)NCC2CCC2)CCCC1. The second-order valence-electron chi connectivity index (χ2n) is 5.20. The third-order valence-corrected chi connectivity index (χ3v) is 4.21. The van der Waals surface area contributed by atoms with E-state index in [0.29, 0.717) is 6.54 Å². The summed E-state index contributed by atoms with van der Waals surface area (Å²) in [7, 11) is 0. The molecule has 0 radical (unpaired) electrons. The van der Waals surface area contributed by atoms with Crippen molar-refractivity contribution in [3.05, 3.63) is 0 Å². The van der Waals surface area contributed by atoms with Gasteiger partial charge in [0.2, 0.25) is 5.91 Å². The second kappa shape index (κ2) is 4.52. The van der Waals surface area contributed by atoms with Crippen molar-refractivity contribution in [3.63, 3.8) is 0 Å². The van der Waals surface area contributed by atoms with Crippen molar-refractivity contribution < 1.29 is 4.79 Å². The van der Waals surface area contributed by atoms with Crippen LogP contribution in [0, 0.1) is 11.3 Å². The van der Waals surface area contributed by atoms with Gasteiger partial charge in [-0.05, 0) is 31.6 Å². The van der Waals surface area contributed by atoms with Crippen LogP contribution in [-0.2, 0) is 4.79 Å². The topological polar surface area (TPSA) is 55.1 Å². The molecule has 0 aromatic rings. The molecule has 0 aliphatic heterocycles. The van der Waals surface area contributed by atoms with E-state index in [1.54, 1.807) is 0 Å². The van der Waals surface area contributed by atoms with Gasteiger partial charge in [-0.25, -0.2) is 0 Å². The monoisotopic (exact) mass is 210 g/mol. The number of rotatable bonds is 4. The zero-order valence-corrected chi connectivity index (χ0v) is 9.43. The Hall–Kier alpha value is -0.570. The van der Waals surface area contributed by atoms with Gasteiger partial charge in [-0.3, -0.25) is 4.79 Å². The summed E-state index contributed by atoms with van der Waals surface area (Å²) >= 11 is 0. The molecule has 3 N–H and O–H groups in total. The maximum absolute atomic E-state index is 12.1. The van der Waals surface area contributed by atoms with Gasteiger partial charge in [0.15, 0.2) is 0 Å². The summed E-state index contributed by atoms with van der Waals surface area (Å²) in [6.07, 6.45) is 8.20. The molecule has 15 heavy (non-hydrogen) atoms. The molecule has 0 saturated heterocycles. The van der Waals surface area contributed by atoms with Crippen LogP contribution in [0.4, 0.5) is 0 Å². The Morgan fingerprint density at radius 2 is 1.93 bits per heavy atom. The number of carbonyl (C=O) groups is 1. The van der Waals surface area contributed by atoms with E-state index in [4.69, 9.17) is 5.73 Å². The Morgan fingerprint density at radius 3 is 2.40 bits per heavy atom. The zero-order chi connectivity index (χ0) is 10.7. The fraction of sp³-hybridized carbons (Fsp3) is 0.917. The van der Waals surface area contributed by atoms with Crippen molar-refractivity contribution in [1.82, 2.24) is 5.32 Å². The number of carbonyl (C=O) groups excluding carboxylic acids is 1. The summed E-state index contributed by atoms with van der Waals surface area (Å²) in [6, 6.07) is 0. The van der Waals surface area contributed by atoms with E-state index in [2.05, 4.69) is 5.32 Å². The Balaban J connectivity index is 1.81. The zero-order valence-electron chi connectivity index (χ0n) is 9.43. The van der Waals surface area contributed by atoms with Gasteiger partial charge in [0.1, 0.15) is 0 Å². The van der Waals surface area contributed by atoms with E-state index in [0.717, 1.165) is 38.1 Å². The minimum absolute atomic E-state index is 0.217. The van der Waals surface area contributed by atoms with Gasteiger partial charge >= 0.3 is 0 Å². The molecule has 0 aromatic carbocycles. The van der Waals surface area contributed by atoms with Gasteiger partial charge in [-0.2, -0.15) is 0 Å². The Kier molecular flexibility index (Phi) is 3.29. The lowest BCUT2D eigenvalue weighted by Gasteiger charge is -2.30. The summed E-state index contributed by atoms with van der Waals surface area (Å²) in [4.78, 5) is 12.1. The predicted octanol–water partition coefficient (Wildman–Crippen LogP) is 1.42. The molecule has 3 nitrogen and oxygen atoms in total. The molecule has 3 heteroatoms. The number of nitrogens with two attached hydrogens (primary N) is 1. The molecule has 0 spiro atoms. The molecule has 0 atom stereocenters. The highest BCUT2D eigenvalue weighted by Crippen LogP contribution is 2.37. The number of amides is 1. The van der Waals surface area contributed by atoms with E-state index in [-0.39, 0.29) is 11.3 Å². The average molecular weight is 210 g/mol. The number of hydrogen-bond acceptors (Lipinski definition) is 2. The first-order chi connectivity index (χ1) is 7.27. The molecule has 86 valence electrons. The summed E-state index contributed by atoms with van der Waals surface area (Å²) in [6.45, 7) is 1.39. The standard InChI is InChI=1S/C12H22N2O/c13-9-12(6-1-2-7-12)11(15)14-8-10-4-3-5-10/h10H,1-9,13H2,(H,14,15). The molecule has 2 rings (SSSR count). The Labute approximate surface area is 91.8 Å². The Morgan fingerprint density at radius 1 is 1.27 bits per heavy atom. The molecule has 0 bridgehead atoms. The van der Waals surface area contributed by atoms with Crippen LogP contribution in [0.5, 0.6) is 0 Å². The summed E-state index contributed by atoms with van der Waals surface area (Å²) < 4.78 is 0. The summed E-state index contributed by atoms with van der Waals surface area (Å²) in [5, 5.41) is 3.10. The maximum atomic E-state index is 12.1. The normalized spacial score (nSPS) is 24.9. The second-order valence-corrected chi connectivity index (χ2v) is 5.20. The van der Waals surface area contributed by atoms with Crippen LogP contribution >= 0.6 is 0 Å². The molecule has 2 aliphatic rings. The smallest absolute Gasteiger partial charge is 0.227 e. The van der Waals surface area contributed by atoms with Gasteiger partial charge < -0.3 is 11.1 Å². The highest BCUT2D eigenvalue weighted by Gasteiger charge is 2.39. The highest BCUT2D eigenvalue weighted by atomic mass is 16.2. The predicted molar refractivity (Wildman–Crippen MR) is 60.3 cm³/mol. The van der Waals surface area contributed by atoms with Crippen LogP contribution in [0.1, 0.15) is 44.9 Å². The minimum atomic E-state index is -0.219. The van der Waals surface area contributed by atoms with Crippen molar-refractivity contribution in [2.24, 2.45) is 17.1 Å². The van der Waals surface area contributed by atoms with Crippen LogP contribution in [-0.4, -0.2) is 19.0 Å². The molecule has 2 fully saturated rings. The van der Waals surface area contributed by atoms with Gasteiger partial charge in [-0.1, -0.05) is 19.3 Å². The van der Waals surface area contributed by atoms with E-state index >= 15 is 0 Å². The third kappa shape index (κ3) is 2.17. The van der Waals surface area contributed by atoms with Crippen molar-refractivity contribution in [2.75, 3.05) is 13.1 Å². The van der Waals surface area contributed by atoms with Crippen molar-refractivity contribution in [2.45, 2.75) is 44.9 Å². The van der Waals surface area contributed by atoms with Gasteiger partial charge in [-0.15, -0.1) is 0 Å². The first-order valence-electron chi connectivity index (χ1n) is 6.25. The maximum Gasteiger partial charge on any atom is 0.227 e. The summed E-state index contributed by atoms with van der Waals surface area (Å²) in [5.41, 5.74) is 5.54. The summed E-state index contributed by atoms with van der Waals surface area (Å²) in [5.74, 6) is 0.958. The van der Waals surface area contributed by atoms with Gasteiger partial charge in [0.05, 0.1) is 5.41 Å². The first kappa shape index (κ1) is 10.9. The average Bonchev–Trinajstić information content (AvgIpc) is 2.64. The van der Waals surface area contributed by atoms with Crippen LogP contribution in [0.15, 0.2) is 0 Å². The fourth-order valence-electron chi connectivity index (χ4n) is 2.70. The fourth-order valence-corrected chi connectivity index (χ4v) is 2.70. The van der Waals surface area contributed by atoms with Crippen LogP contribution < -0.4 is 11.1 Å². The van der Waals surface area contributed by atoms with Crippen molar-refractivity contribution in [1.29, 1.82) is 0 Å². The number of hydrogen-bond donors (Lipinski definition) is 2.